The summed E-state index contributed by atoms with van der Waals surface area (Å²) in [7, 11) is 0. The Balaban J connectivity index is 1.95. The van der Waals surface area contributed by atoms with Crippen LogP contribution in [0.3, 0.4) is 0 Å². The largest absolute Gasteiger partial charge is 0.480 e. The Kier molecular flexibility index (Phi) is 13.1. The lowest BCUT2D eigenvalue weighted by Gasteiger charge is -2.21. The van der Waals surface area contributed by atoms with Gasteiger partial charge in [-0.1, -0.05) is 62.6 Å². The number of likely N-dealkylation sites (tertiary alicyclic amines) is 1. The summed E-state index contributed by atoms with van der Waals surface area (Å²) < 4.78 is 0. The van der Waals surface area contributed by atoms with E-state index in [4.69, 9.17) is 5.11 Å². The number of carboxylic acids is 1. The summed E-state index contributed by atoms with van der Waals surface area (Å²) in [4.78, 5) is 24.8. The lowest BCUT2D eigenvalue weighted by molar-refractivity contribution is -0.148. The van der Waals surface area contributed by atoms with Crippen LogP contribution in [0.25, 0.3) is 0 Å². The fraction of sp³-hybridized carbons (Fsp3) is 0.652. The Morgan fingerprint density at radius 1 is 0.926 bits per heavy atom. The first-order valence-electron chi connectivity index (χ1n) is 10.6. The van der Waals surface area contributed by atoms with Crippen molar-refractivity contribution >= 4 is 11.9 Å². The molecule has 1 unspecified atom stereocenters. The molecule has 0 aromatic heterocycles. The molecule has 0 saturated carbocycles. The van der Waals surface area contributed by atoms with E-state index in [0.717, 1.165) is 51.4 Å². The first-order chi connectivity index (χ1) is 13.2. The number of carbonyl (C=O) groups is 2. The number of allylic oxidation sites excluding steroid dienone is 6. The smallest absolute Gasteiger partial charge is 0.326 e. The van der Waals surface area contributed by atoms with Gasteiger partial charge in [-0.2, -0.15) is 0 Å². The summed E-state index contributed by atoms with van der Waals surface area (Å²) >= 11 is 0. The summed E-state index contributed by atoms with van der Waals surface area (Å²) in [6, 6.07) is -0.591. The van der Waals surface area contributed by atoms with Crippen molar-refractivity contribution in [2.75, 3.05) is 6.54 Å². The van der Waals surface area contributed by atoms with Crippen molar-refractivity contribution in [2.24, 2.45) is 0 Å². The molecule has 1 N–H and O–H groups in total. The van der Waals surface area contributed by atoms with E-state index >= 15 is 0 Å². The number of rotatable bonds is 14. The van der Waals surface area contributed by atoms with Gasteiger partial charge in [0.05, 0.1) is 0 Å². The molecule has 1 heterocycles. The molecule has 1 fully saturated rings. The van der Waals surface area contributed by atoms with Crippen LogP contribution in [0, 0.1) is 0 Å². The van der Waals surface area contributed by atoms with Crippen molar-refractivity contribution in [3.63, 3.8) is 0 Å². The number of carbonyl (C=O) groups excluding carboxylic acids is 1. The number of unbranched alkanes of at least 4 members (excludes halogenated alkanes) is 5. The molecule has 1 amide bonds. The third-order valence-corrected chi connectivity index (χ3v) is 4.90. The molecule has 0 spiro atoms. The highest BCUT2D eigenvalue weighted by atomic mass is 16.4. The van der Waals surface area contributed by atoms with E-state index in [1.807, 2.05) is 0 Å². The first-order valence-corrected chi connectivity index (χ1v) is 10.6. The fourth-order valence-electron chi connectivity index (χ4n) is 3.36. The van der Waals surface area contributed by atoms with Gasteiger partial charge in [-0.25, -0.2) is 4.79 Å². The Labute approximate surface area is 165 Å². The molecular weight excluding hydrogens is 338 g/mol. The molecule has 0 aromatic carbocycles. The van der Waals surface area contributed by atoms with E-state index in [-0.39, 0.29) is 5.91 Å². The van der Waals surface area contributed by atoms with Crippen LogP contribution in [-0.2, 0) is 9.59 Å². The molecule has 152 valence electrons. The van der Waals surface area contributed by atoms with Gasteiger partial charge in [-0.3, -0.25) is 4.79 Å². The lowest BCUT2D eigenvalue weighted by Crippen LogP contribution is -2.40. The van der Waals surface area contributed by atoms with Gasteiger partial charge in [0.2, 0.25) is 5.91 Å². The zero-order valence-electron chi connectivity index (χ0n) is 16.9. The van der Waals surface area contributed by atoms with Gasteiger partial charge in [0.1, 0.15) is 6.04 Å². The molecular formula is C23H37NO3. The molecule has 0 aliphatic carbocycles. The van der Waals surface area contributed by atoms with Gasteiger partial charge < -0.3 is 10.0 Å². The second-order valence-corrected chi connectivity index (χ2v) is 7.18. The summed E-state index contributed by atoms with van der Waals surface area (Å²) in [5, 5.41) is 9.13. The number of aliphatic carboxylic acids is 1. The van der Waals surface area contributed by atoms with Crippen LogP contribution in [0.5, 0.6) is 0 Å². The van der Waals surface area contributed by atoms with Gasteiger partial charge in [0.25, 0.3) is 0 Å². The molecule has 1 atom stereocenters. The van der Waals surface area contributed by atoms with Crippen molar-refractivity contribution in [3.8, 4) is 0 Å². The number of amides is 1. The van der Waals surface area contributed by atoms with Gasteiger partial charge in [-0.15, -0.1) is 0 Å². The van der Waals surface area contributed by atoms with Crippen molar-refractivity contribution < 1.29 is 14.7 Å². The minimum atomic E-state index is -0.863. The highest BCUT2D eigenvalue weighted by Crippen LogP contribution is 2.19. The molecule has 1 aliphatic rings. The van der Waals surface area contributed by atoms with E-state index in [1.165, 1.54) is 12.8 Å². The number of hydrogen-bond acceptors (Lipinski definition) is 2. The number of hydrogen-bond donors (Lipinski definition) is 1. The maximum absolute atomic E-state index is 12.1. The second kappa shape index (κ2) is 15.2. The molecule has 0 aromatic rings. The maximum Gasteiger partial charge on any atom is 0.326 e. The third-order valence-electron chi connectivity index (χ3n) is 4.90. The van der Waals surface area contributed by atoms with E-state index in [1.54, 1.807) is 4.90 Å². The van der Waals surface area contributed by atoms with Crippen molar-refractivity contribution in [3.05, 3.63) is 36.5 Å². The average Bonchev–Trinajstić information content (AvgIpc) is 3.15. The molecule has 4 nitrogen and oxygen atoms in total. The molecule has 1 saturated heterocycles. The van der Waals surface area contributed by atoms with Crippen LogP contribution < -0.4 is 0 Å². The first kappa shape index (κ1) is 23.2. The van der Waals surface area contributed by atoms with Crippen molar-refractivity contribution in [2.45, 2.75) is 90.0 Å². The standard InChI is InChI=1S/C23H37NO3/c1-2-3-4-5-6-7-8-9-10-11-12-13-14-15-16-19-22(25)24-20-17-18-21(24)23(26)27/h3-4,6-7,9-10,21H,2,5,8,11-20H2,1H3,(H,26,27)/b4-3-,7-6-,10-9-. The number of carboxylic acid groups (broad SMARTS) is 1. The lowest BCUT2D eigenvalue weighted by atomic mass is 10.1. The maximum atomic E-state index is 12.1. The van der Waals surface area contributed by atoms with E-state index < -0.39 is 12.0 Å². The summed E-state index contributed by atoms with van der Waals surface area (Å²) in [5.41, 5.74) is 0. The Morgan fingerprint density at radius 3 is 2.26 bits per heavy atom. The second-order valence-electron chi connectivity index (χ2n) is 7.18. The monoisotopic (exact) mass is 375 g/mol. The Bertz CT molecular complexity index is 508. The zero-order valence-corrected chi connectivity index (χ0v) is 16.9. The van der Waals surface area contributed by atoms with Gasteiger partial charge >= 0.3 is 5.97 Å². The zero-order chi connectivity index (χ0) is 19.7. The van der Waals surface area contributed by atoms with Crippen LogP contribution in [0.2, 0.25) is 0 Å². The molecule has 27 heavy (non-hydrogen) atoms. The topological polar surface area (TPSA) is 57.6 Å². The van der Waals surface area contributed by atoms with Crippen LogP contribution in [0.4, 0.5) is 0 Å². The predicted molar refractivity (Wildman–Crippen MR) is 112 cm³/mol. The van der Waals surface area contributed by atoms with Crippen LogP contribution in [0.15, 0.2) is 36.5 Å². The fourth-order valence-corrected chi connectivity index (χ4v) is 3.36. The molecule has 1 aliphatic heterocycles. The van der Waals surface area contributed by atoms with Crippen molar-refractivity contribution in [1.82, 2.24) is 4.90 Å². The van der Waals surface area contributed by atoms with E-state index in [2.05, 4.69) is 43.4 Å². The number of nitrogens with zero attached hydrogens (tertiary/aromatic N) is 1. The quantitative estimate of drug-likeness (QED) is 0.315. The van der Waals surface area contributed by atoms with Gasteiger partial charge in [0, 0.05) is 13.0 Å². The Morgan fingerprint density at radius 2 is 1.56 bits per heavy atom. The highest BCUT2D eigenvalue weighted by Gasteiger charge is 2.33. The predicted octanol–water partition coefficient (Wildman–Crippen LogP) is 5.65. The van der Waals surface area contributed by atoms with Gasteiger partial charge in [-0.05, 0) is 51.4 Å². The van der Waals surface area contributed by atoms with Crippen molar-refractivity contribution in [1.29, 1.82) is 0 Å². The van der Waals surface area contributed by atoms with E-state index in [0.29, 0.717) is 19.4 Å². The summed E-state index contributed by atoms with van der Waals surface area (Å²) in [6.45, 7) is 2.75. The minimum Gasteiger partial charge on any atom is -0.480 e. The molecule has 0 radical (unpaired) electrons. The molecule has 4 heteroatoms. The summed E-state index contributed by atoms with van der Waals surface area (Å²) in [6.07, 6.45) is 24.9. The summed E-state index contributed by atoms with van der Waals surface area (Å²) in [5.74, 6) is -0.848. The van der Waals surface area contributed by atoms with Crippen LogP contribution >= 0.6 is 0 Å². The van der Waals surface area contributed by atoms with Crippen LogP contribution in [-0.4, -0.2) is 34.5 Å². The van der Waals surface area contributed by atoms with Crippen LogP contribution in [0.1, 0.15) is 84.0 Å². The molecule has 1 rings (SSSR count). The highest BCUT2D eigenvalue weighted by molar-refractivity contribution is 5.84. The minimum absolute atomic E-state index is 0.0149. The van der Waals surface area contributed by atoms with Gasteiger partial charge in [0.15, 0.2) is 0 Å². The van der Waals surface area contributed by atoms with E-state index in [9.17, 15) is 9.59 Å². The normalized spacial score (nSPS) is 17.7. The SMILES string of the molecule is CC/C=C\C/C=C\C/C=C\CCCCCCCC(=O)N1CCCC1C(=O)O. The Hall–Kier alpha value is -1.84. The average molecular weight is 376 g/mol. The third kappa shape index (κ3) is 10.8. The molecule has 0 bridgehead atoms.